The van der Waals surface area contributed by atoms with E-state index in [1.807, 2.05) is 17.5 Å². The molecule has 3 aromatic heterocycles. The van der Waals surface area contributed by atoms with Gasteiger partial charge in [0.25, 0.3) is 0 Å². The molecule has 0 radical (unpaired) electrons. The van der Waals surface area contributed by atoms with Crippen molar-refractivity contribution in [2.45, 2.75) is 12.8 Å². The molecule has 0 aliphatic carbocycles. The number of hydrogen-bond acceptors (Lipinski definition) is 7. The van der Waals surface area contributed by atoms with Crippen LogP contribution in [0.3, 0.4) is 0 Å². The molecule has 9 nitrogen and oxygen atoms in total. The molecule has 0 fully saturated rings. The first-order valence-corrected chi connectivity index (χ1v) is 12.3. The van der Waals surface area contributed by atoms with Crippen molar-refractivity contribution in [3.63, 3.8) is 0 Å². The third-order valence-electron chi connectivity index (χ3n) is 4.99. The first-order chi connectivity index (χ1) is 17.1. The van der Waals surface area contributed by atoms with E-state index in [2.05, 4.69) is 20.7 Å². The van der Waals surface area contributed by atoms with Crippen molar-refractivity contribution < 1.29 is 19.1 Å². The van der Waals surface area contributed by atoms with Crippen molar-refractivity contribution in [2.75, 3.05) is 24.3 Å². The fraction of sp³-hybridized carbons (Fsp3) is 0.208. The van der Waals surface area contributed by atoms with Crippen LogP contribution in [0.15, 0.2) is 60.2 Å². The maximum Gasteiger partial charge on any atom is 0.407 e. The van der Waals surface area contributed by atoms with E-state index < -0.39 is 12.0 Å². The van der Waals surface area contributed by atoms with E-state index >= 15 is 0 Å². The summed E-state index contributed by atoms with van der Waals surface area (Å²) >= 11 is 6.94. The van der Waals surface area contributed by atoms with Crippen LogP contribution in [-0.2, 0) is 9.53 Å². The van der Waals surface area contributed by atoms with Crippen LogP contribution >= 0.6 is 22.9 Å². The zero-order valence-electron chi connectivity index (χ0n) is 18.6. The van der Waals surface area contributed by atoms with Crippen molar-refractivity contribution in [1.29, 1.82) is 0 Å². The van der Waals surface area contributed by atoms with E-state index in [1.54, 1.807) is 41.0 Å². The number of nitrogens with zero attached hydrogens (tertiary/aromatic N) is 3. The first kappa shape index (κ1) is 24.4. The van der Waals surface area contributed by atoms with E-state index in [0.717, 1.165) is 12.0 Å². The molecule has 180 valence electrons. The van der Waals surface area contributed by atoms with Crippen molar-refractivity contribution in [2.24, 2.45) is 0 Å². The SMILES string of the molecule is O=C(CNC(=O)OCCCCCl)Nc1cccc(-c2ccnc3c(C(=O)c4cccs4)cnn23)c1. The highest BCUT2D eigenvalue weighted by Crippen LogP contribution is 2.25. The number of benzene rings is 1. The molecule has 2 amide bonds. The normalized spacial score (nSPS) is 10.8. The number of alkyl carbamates (subject to hydrolysis) is 1. The lowest BCUT2D eigenvalue weighted by molar-refractivity contribution is -0.115. The molecule has 0 saturated heterocycles. The Hall–Kier alpha value is -3.76. The molecule has 3 heterocycles. The Labute approximate surface area is 210 Å². The number of ether oxygens (including phenoxy) is 1. The fourth-order valence-electron chi connectivity index (χ4n) is 3.34. The average molecular weight is 512 g/mol. The fourth-order valence-corrected chi connectivity index (χ4v) is 4.20. The second-order valence-electron chi connectivity index (χ2n) is 7.44. The molecule has 0 atom stereocenters. The van der Waals surface area contributed by atoms with Crippen LogP contribution in [0.5, 0.6) is 0 Å². The second kappa shape index (κ2) is 11.6. The largest absolute Gasteiger partial charge is 0.450 e. The number of fused-ring (bicyclic) bond motifs is 1. The summed E-state index contributed by atoms with van der Waals surface area (Å²) in [6.45, 7) is 0.0160. The highest BCUT2D eigenvalue weighted by molar-refractivity contribution is 7.12. The standard InChI is InChI=1S/C24H22ClN5O4S/c25-9-1-2-11-34-24(33)27-15-21(31)29-17-6-3-5-16(13-17)19-8-10-26-23-18(14-28-30(19)23)22(32)20-7-4-12-35-20/h3-8,10,12-14H,1-2,9,11,15H2,(H,27,33)(H,29,31). The number of carbonyl (C=O) groups excluding carboxylic acids is 3. The van der Waals surface area contributed by atoms with E-state index in [9.17, 15) is 14.4 Å². The van der Waals surface area contributed by atoms with Gasteiger partial charge in [-0.1, -0.05) is 18.2 Å². The van der Waals surface area contributed by atoms with Crippen molar-refractivity contribution in [3.05, 3.63) is 70.7 Å². The van der Waals surface area contributed by atoms with Crippen molar-refractivity contribution in [1.82, 2.24) is 19.9 Å². The van der Waals surface area contributed by atoms with Crippen LogP contribution < -0.4 is 10.6 Å². The molecule has 4 rings (SSSR count). The van der Waals surface area contributed by atoms with Crippen molar-refractivity contribution in [3.8, 4) is 11.3 Å². The summed E-state index contributed by atoms with van der Waals surface area (Å²) in [5, 5.41) is 11.4. The van der Waals surface area contributed by atoms with E-state index in [1.165, 1.54) is 17.5 Å². The van der Waals surface area contributed by atoms with Crippen LogP contribution in [0, 0.1) is 0 Å². The number of halogens is 1. The lowest BCUT2D eigenvalue weighted by Gasteiger charge is -2.10. The van der Waals surface area contributed by atoms with Crippen LogP contribution in [0.2, 0.25) is 0 Å². The predicted octanol–water partition coefficient (Wildman–Crippen LogP) is 4.37. The van der Waals surface area contributed by atoms with Crippen LogP contribution in [0.4, 0.5) is 10.5 Å². The minimum Gasteiger partial charge on any atom is -0.450 e. The maximum atomic E-state index is 12.8. The Morgan fingerprint density at radius 3 is 2.80 bits per heavy atom. The zero-order chi connectivity index (χ0) is 24.6. The molecule has 35 heavy (non-hydrogen) atoms. The molecule has 0 unspecified atom stereocenters. The van der Waals surface area contributed by atoms with Gasteiger partial charge in [0.15, 0.2) is 5.65 Å². The number of ketones is 1. The highest BCUT2D eigenvalue weighted by Gasteiger charge is 2.18. The third kappa shape index (κ3) is 6.03. The Balaban J connectivity index is 1.44. The molecule has 0 aliphatic rings. The Morgan fingerprint density at radius 2 is 2.00 bits per heavy atom. The van der Waals surface area contributed by atoms with E-state index in [0.29, 0.717) is 39.8 Å². The quantitative estimate of drug-likeness (QED) is 0.185. The summed E-state index contributed by atoms with van der Waals surface area (Å²) in [7, 11) is 0. The number of amides is 2. The zero-order valence-corrected chi connectivity index (χ0v) is 20.1. The Bertz CT molecular complexity index is 1340. The van der Waals surface area contributed by atoms with Gasteiger partial charge in [-0.05, 0) is 42.5 Å². The molecule has 0 saturated carbocycles. The van der Waals surface area contributed by atoms with Gasteiger partial charge < -0.3 is 15.4 Å². The molecule has 0 bridgehead atoms. The molecule has 4 aromatic rings. The molecule has 0 spiro atoms. The predicted molar refractivity (Wildman–Crippen MR) is 134 cm³/mol. The van der Waals surface area contributed by atoms with Gasteiger partial charge in [0.05, 0.1) is 28.9 Å². The summed E-state index contributed by atoms with van der Waals surface area (Å²) < 4.78 is 6.58. The lowest BCUT2D eigenvalue weighted by Crippen LogP contribution is -2.33. The van der Waals surface area contributed by atoms with E-state index in [4.69, 9.17) is 16.3 Å². The van der Waals surface area contributed by atoms with Gasteiger partial charge in [-0.2, -0.15) is 5.10 Å². The third-order valence-corrected chi connectivity index (χ3v) is 6.12. The topological polar surface area (TPSA) is 115 Å². The summed E-state index contributed by atoms with van der Waals surface area (Å²) in [6.07, 6.45) is 3.89. The summed E-state index contributed by atoms with van der Waals surface area (Å²) in [5.74, 6) is -0.0276. The summed E-state index contributed by atoms with van der Waals surface area (Å²) in [6, 6.07) is 12.5. The number of carbonyl (C=O) groups is 3. The molecular formula is C24H22ClN5O4S. The molecule has 1 aromatic carbocycles. The van der Waals surface area contributed by atoms with Gasteiger partial charge in [-0.3, -0.25) is 9.59 Å². The van der Waals surface area contributed by atoms with Gasteiger partial charge in [0.1, 0.15) is 6.54 Å². The second-order valence-corrected chi connectivity index (χ2v) is 8.77. The van der Waals surface area contributed by atoms with Gasteiger partial charge >= 0.3 is 6.09 Å². The number of anilines is 1. The summed E-state index contributed by atoms with van der Waals surface area (Å²) in [5.41, 5.74) is 2.87. The van der Waals surface area contributed by atoms with Gasteiger partial charge in [-0.15, -0.1) is 22.9 Å². The first-order valence-electron chi connectivity index (χ1n) is 10.8. The number of thiophene rings is 1. The Morgan fingerprint density at radius 1 is 1.11 bits per heavy atom. The lowest BCUT2D eigenvalue weighted by atomic mass is 10.1. The molecule has 2 N–H and O–H groups in total. The number of rotatable bonds is 10. The highest BCUT2D eigenvalue weighted by atomic mass is 35.5. The average Bonchev–Trinajstić information content (AvgIpc) is 3.56. The maximum absolute atomic E-state index is 12.8. The van der Waals surface area contributed by atoms with E-state index in [-0.39, 0.29) is 18.9 Å². The molecule has 0 aliphatic heterocycles. The molecule has 11 heteroatoms. The van der Waals surface area contributed by atoms with Crippen LogP contribution in [-0.4, -0.2) is 51.4 Å². The smallest absolute Gasteiger partial charge is 0.407 e. The monoisotopic (exact) mass is 511 g/mol. The summed E-state index contributed by atoms with van der Waals surface area (Å²) in [4.78, 5) is 41.7. The number of unbranched alkanes of at least 4 members (excludes halogenated alkanes) is 1. The molecular weight excluding hydrogens is 490 g/mol. The Kier molecular flexibility index (Phi) is 8.07. The van der Waals surface area contributed by atoms with Gasteiger partial charge in [0, 0.05) is 23.3 Å². The van der Waals surface area contributed by atoms with Crippen LogP contribution in [0.1, 0.15) is 28.1 Å². The van der Waals surface area contributed by atoms with Crippen molar-refractivity contribution >= 4 is 52.1 Å². The number of alkyl halides is 1. The minimum absolute atomic E-state index is 0.134. The number of nitrogens with one attached hydrogen (secondary N) is 2. The number of hydrogen-bond donors (Lipinski definition) is 2. The van der Waals surface area contributed by atoms with Gasteiger partial charge in [-0.25, -0.2) is 14.3 Å². The van der Waals surface area contributed by atoms with Gasteiger partial charge in [0.2, 0.25) is 11.7 Å². The van der Waals surface area contributed by atoms with Crippen LogP contribution in [0.25, 0.3) is 16.9 Å². The minimum atomic E-state index is -0.658. The number of aromatic nitrogens is 3.